The number of anilines is 1. The summed E-state index contributed by atoms with van der Waals surface area (Å²) in [6, 6.07) is 16.4. The van der Waals surface area contributed by atoms with Gasteiger partial charge in [-0.1, -0.05) is 37.6 Å². The van der Waals surface area contributed by atoms with Crippen LogP contribution in [0, 0.1) is 16.7 Å². The number of amides is 1. The van der Waals surface area contributed by atoms with Crippen LogP contribution in [-0.2, 0) is 9.59 Å². The molecule has 4 nitrogen and oxygen atoms in total. The topological polar surface area (TPSA) is 61.2 Å². The van der Waals surface area contributed by atoms with Crippen LogP contribution < -0.4 is 4.90 Å². The highest BCUT2D eigenvalue weighted by molar-refractivity contribution is 6.30. The lowest BCUT2D eigenvalue weighted by molar-refractivity contribution is -0.121. The van der Waals surface area contributed by atoms with E-state index in [0.717, 1.165) is 16.8 Å². The molecule has 0 saturated heterocycles. The van der Waals surface area contributed by atoms with Gasteiger partial charge in [0.15, 0.2) is 5.78 Å². The van der Waals surface area contributed by atoms with Crippen molar-refractivity contribution in [2.24, 2.45) is 5.41 Å². The quantitative estimate of drug-likeness (QED) is 0.675. The molecule has 2 aliphatic rings. The molecule has 1 heterocycles. The minimum absolute atomic E-state index is 0.0519. The minimum Gasteiger partial charge on any atom is -0.294 e. The third-order valence-electron chi connectivity index (χ3n) is 5.65. The molecule has 29 heavy (non-hydrogen) atoms. The monoisotopic (exact) mass is 404 g/mol. The Balaban J connectivity index is 1.88. The number of hydrogen-bond donors (Lipinski definition) is 0. The van der Waals surface area contributed by atoms with Crippen LogP contribution in [0.2, 0.25) is 5.02 Å². The number of benzene rings is 2. The van der Waals surface area contributed by atoms with Crippen LogP contribution in [0.15, 0.2) is 59.8 Å². The maximum absolute atomic E-state index is 13.3. The Morgan fingerprint density at radius 1 is 1.10 bits per heavy atom. The summed E-state index contributed by atoms with van der Waals surface area (Å²) in [4.78, 5) is 28.2. The van der Waals surface area contributed by atoms with Gasteiger partial charge in [0, 0.05) is 40.7 Å². The predicted octanol–water partition coefficient (Wildman–Crippen LogP) is 5.38. The standard InChI is InChI=1S/C24H21ClN2O2/c1-24(2)12-20-23(21(28)13-24)19(16-4-3-5-17(25)10-16)11-22(29)27(20)18-8-6-15(14-26)7-9-18/h3-10,19H,11-13H2,1-2H3. The second kappa shape index (κ2) is 7.17. The normalized spacial score (nSPS) is 21.0. The zero-order valence-electron chi connectivity index (χ0n) is 16.4. The molecule has 1 unspecified atom stereocenters. The fourth-order valence-electron chi connectivity index (χ4n) is 4.41. The highest BCUT2D eigenvalue weighted by atomic mass is 35.5. The van der Waals surface area contributed by atoms with Gasteiger partial charge in [-0.15, -0.1) is 0 Å². The first-order valence-corrected chi connectivity index (χ1v) is 10.0. The van der Waals surface area contributed by atoms with Gasteiger partial charge < -0.3 is 0 Å². The first-order valence-electron chi connectivity index (χ1n) is 9.64. The molecule has 1 atom stereocenters. The second-order valence-electron chi connectivity index (χ2n) is 8.50. The molecule has 2 aromatic rings. The van der Waals surface area contributed by atoms with E-state index in [1.807, 2.05) is 18.2 Å². The van der Waals surface area contributed by atoms with Gasteiger partial charge in [0.1, 0.15) is 0 Å². The molecule has 5 heteroatoms. The molecule has 146 valence electrons. The summed E-state index contributed by atoms with van der Waals surface area (Å²) < 4.78 is 0. The van der Waals surface area contributed by atoms with Gasteiger partial charge >= 0.3 is 0 Å². The van der Waals surface area contributed by atoms with Crippen LogP contribution in [0.25, 0.3) is 0 Å². The number of nitrogens with zero attached hydrogens (tertiary/aromatic N) is 2. The zero-order chi connectivity index (χ0) is 20.8. The van der Waals surface area contributed by atoms with E-state index in [1.54, 1.807) is 35.2 Å². The Hall–Kier alpha value is -2.90. The summed E-state index contributed by atoms with van der Waals surface area (Å²) in [6.07, 6.45) is 1.31. The highest BCUT2D eigenvalue weighted by Crippen LogP contribution is 2.48. The molecule has 4 rings (SSSR count). The molecule has 0 fully saturated rings. The third-order valence-corrected chi connectivity index (χ3v) is 5.88. The molecular weight excluding hydrogens is 384 g/mol. The number of carbonyl (C=O) groups excluding carboxylic acids is 2. The molecule has 0 radical (unpaired) electrons. The molecule has 0 N–H and O–H groups in total. The van der Waals surface area contributed by atoms with Crippen LogP contribution in [0.3, 0.4) is 0 Å². The summed E-state index contributed by atoms with van der Waals surface area (Å²) in [5, 5.41) is 9.66. The number of halogens is 1. The van der Waals surface area contributed by atoms with E-state index in [2.05, 4.69) is 19.9 Å². The van der Waals surface area contributed by atoms with Gasteiger partial charge in [-0.25, -0.2) is 0 Å². The Morgan fingerprint density at radius 2 is 1.83 bits per heavy atom. The molecule has 0 bridgehead atoms. The third kappa shape index (κ3) is 3.59. The van der Waals surface area contributed by atoms with Crippen molar-refractivity contribution in [2.75, 3.05) is 4.90 Å². The summed E-state index contributed by atoms with van der Waals surface area (Å²) in [5.74, 6) is -0.245. The Labute approximate surface area is 175 Å². The maximum atomic E-state index is 13.3. The van der Waals surface area contributed by atoms with E-state index in [0.29, 0.717) is 29.1 Å². The molecule has 0 saturated carbocycles. The number of allylic oxidation sites excluding steroid dienone is 2. The molecule has 2 aromatic carbocycles. The van der Waals surface area contributed by atoms with Gasteiger partial charge in [-0.2, -0.15) is 5.26 Å². The SMILES string of the molecule is CC1(C)CC(=O)C2=C(C1)N(c1ccc(C#N)cc1)C(=O)CC2c1cccc(Cl)c1. The van der Waals surface area contributed by atoms with Gasteiger partial charge in [0.05, 0.1) is 11.6 Å². The number of carbonyl (C=O) groups is 2. The number of rotatable bonds is 2. The average molecular weight is 405 g/mol. The van der Waals surface area contributed by atoms with Crippen molar-refractivity contribution in [1.82, 2.24) is 0 Å². The first-order chi connectivity index (χ1) is 13.8. The van der Waals surface area contributed by atoms with E-state index in [4.69, 9.17) is 16.9 Å². The van der Waals surface area contributed by atoms with E-state index >= 15 is 0 Å². The Kier molecular flexibility index (Phi) is 4.80. The van der Waals surface area contributed by atoms with Crippen molar-refractivity contribution >= 4 is 29.0 Å². The van der Waals surface area contributed by atoms with E-state index in [1.165, 1.54) is 0 Å². The molecule has 1 aliphatic heterocycles. The van der Waals surface area contributed by atoms with Crippen molar-refractivity contribution in [3.05, 3.63) is 76.0 Å². The smallest absolute Gasteiger partial charge is 0.232 e. The molecule has 0 spiro atoms. The summed E-state index contributed by atoms with van der Waals surface area (Å²) in [5.41, 5.74) is 3.39. The van der Waals surface area contributed by atoms with Gasteiger partial charge in [-0.05, 0) is 53.8 Å². The molecular formula is C24H21ClN2O2. The van der Waals surface area contributed by atoms with Gasteiger partial charge in [0.2, 0.25) is 5.91 Å². The van der Waals surface area contributed by atoms with Crippen molar-refractivity contribution < 1.29 is 9.59 Å². The van der Waals surface area contributed by atoms with E-state index in [-0.39, 0.29) is 29.4 Å². The fraction of sp³-hybridized carbons (Fsp3) is 0.292. The number of nitriles is 1. The van der Waals surface area contributed by atoms with Crippen molar-refractivity contribution in [2.45, 2.75) is 39.0 Å². The van der Waals surface area contributed by atoms with Gasteiger partial charge in [0.25, 0.3) is 0 Å². The Bertz CT molecular complexity index is 1080. The first kappa shape index (κ1) is 19.4. The lowest BCUT2D eigenvalue weighted by Crippen LogP contribution is -2.43. The van der Waals surface area contributed by atoms with Crippen molar-refractivity contribution in [1.29, 1.82) is 5.26 Å². The van der Waals surface area contributed by atoms with Crippen LogP contribution in [0.1, 0.15) is 50.2 Å². The van der Waals surface area contributed by atoms with Crippen LogP contribution >= 0.6 is 11.6 Å². The molecule has 1 aliphatic carbocycles. The number of ketones is 1. The lowest BCUT2D eigenvalue weighted by atomic mass is 9.69. The second-order valence-corrected chi connectivity index (χ2v) is 8.94. The number of Topliss-reactive ketones (excluding diaryl/α,β-unsaturated/α-hetero) is 1. The predicted molar refractivity (Wildman–Crippen MR) is 113 cm³/mol. The lowest BCUT2D eigenvalue weighted by Gasteiger charge is -2.43. The van der Waals surface area contributed by atoms with E-state index < -0.39 is 0 Å². The summed E-state index contributed by atoms with van der Waals surface area (Å²) >= 11 is 6.19. The zero-order valence-corrected chi connectivity index (χ0v) is 17.2. The van der Waals surface area contributed by atoms with Crippen LogP contribution in [0.4, 0.5) is 5.69 Å². The van der Waals surface area contributed by atoms with E-state index in [9.17, 15) is 9.59 Å². The average Bonchev–Trinajstić information content (AvgIpc) is 2.66. The summed E-state index contributed by atoms with van der Waals surface area (Å²) in [6.45, 7) is 4.11. The Morgan fingerprint density at radius 3 is 2.48 bits per heavy atom. The van der Waals surface area contributed by atoms with Crippen LogP contribution in [0.5, 0.6) is 0 Å². The minimum atomic E-state index is -0.283. The molecule has 1 amide bonds. The van der Waals surface area contributed by atoms with Crippen molar-refractivity contribution in [3.8, 4) is 6.07 Å². The van der Waals surface area contributed by atoms with Crippen molar-refractivity contribution in [3.63, 3.8) is 0 Å². The highest BCUT2D eigenvalue weighted by Gasteiger charge is 2.44. The number of hydrogen-bond acceptors (Lipinski definition) is 3. The summed E-state index contributed by atoms with van der Waals surface area (Å²) in [7, 11) is 0. The largest absolute Gasteiger partial charge is 0.294 e. The maximum Gasteiger partial charge on any atom is 0.232 e. The van der Waals surface area contributed by atoms with Crippen LogP contribution in [-0.4, -0.2) is 11.7 Å². The molecule has 0 aromatic heterocycles. The van der Waals surface area contributed by atoms with Gasteiger partial charge in [-0.3, -0.25) is 14.5 Å². The fourth-order valence-corrected chi connectivity index (χ4v) is 4.61.